The van der Waals surface area contributed by atoms with Crippen molar-refractivity contribution < 1.29 is 0 Å². The molecule has 0 spiro atoms. The first-order valence-corrected chi connectivity index (χ1v) is 17.7. The molecule has 2 aliphatic heterocycles. The van der Waals surface area contributed by atoms with Gasteiger partial charge in [0.25, 0.3) is 0 Å². The van der Waals surface area contributed by atoms with Gasteiger partial charge in [0, 0.05) is 21.7 Å². The molecule has 6 aromatic rings. The molecule has 0 saturated carbocycles. The maximum Gasteiger partial charge on any atom is 0.0543 e. The lowest BCUT2D eigenvalue weighted by molar-refractivity contribution is 0.596. The van der Waals surface area contributed by atoms with Crippen LogP contribution in [0.15, 0.2) is 97.1 Å². The molecule has 0 saturated heterocycles. The topological polar surface area (TPSA) is 3.24 Å². The summed E-state index contributed by atoms with van der Waals surface area (Å²) in [4.78, 5) is 2.61. The molecule has 48 heavy (non-hydrogen) atoms. The zero-order valence-corrected chi connectivity index (χ0v) is 29.7. The Morgan fingerprint density at radius 3 is 1.62 bits per heavy atom. The Morgan fingerprint density at radius 2 is 0.896 bits per heavy atom. The summed E-state index contributed by atoms with van der Waals surface area (Å²) < 4.78 is 0. The number of hydrogen-bond donors (Lipinski definition) is 0. The number of nitrogens with zero attached hydrogens (tertiary/aromatic N) is 1. The standard InChI is InChI=1S/C47H43N/c1-26-21-39-42(28-16-11-10-15-27(26)28)31-24-35-29(22-36(31)47(39,8)9)30-23-38-41(25-37(30)46(35,6)7)48-40-20-13-12-17-32(40)44(2,3)33-18-14-19-34(43(33)48)45(38,4)5/h10-25H,1-9H3. The van der Waals surface area contributed by atoms with Crippen molar-refractivity contribution in [2.75, 3.05) is 4.90 Å². The lowest BCUT2D eigenvalue weighted by atomic mass is 9.66. The molecule has 0 fully saturated rings. The minimum Gasteiger partial charge on any atom is -0.309 e. The largest absolute Gasteiger partial charge is 0.309 e. The van der Waals surface area contributed by atoms with E-state index in [1.165, 1.54) is 100 Å². The molecule has 0 bridgehead atoms. The van der Waals surface area contributed by atoms with Gasteiger partial charge in [-0.25, -0.2) is 0 Å². The molecule has 0 N–H and O–H groups in total. The number of benzene rings is 6. The van der Waals surface area contributed by atoms with Gasteiger partial charge in [0.15, 0.2) is 0 Å². The number of rotatable bonds is 0. The fourth-order valence-electron chi connectivity index (χ4n) is 10.4. The molecule has 4 aliphatic rings. The molecule has 6 aromatic carbocycles. The molecule has 236 valence electrons. The van der Waals surface area contributed by atoms with E-state index in [2.05, 4.69) is 164 Å². The summed E-state index contributed by atoms with van der Waals surface area (Å²) in [5.74, 6) is 0. The van der Waals surface area contributed by atoms with Gasteiger partial charge < -0.3 is 4.90 Å². The minimum atomic E-state index is -0.149. The third-order valence-electron chi connectivity index (χ3n) is 13.1. The predicted molar refractivity (Wildman–Crippen MR) is 203 cm³/mol. The van der Waals surface area contributed by atoms with E-state index >= 15 is 0 Å². The highest BCUT2D eigenvalue weighted by molar-refractivity contribution is 6.05. The fraction of sp³-hybridized carbons (Fsp3) is 0.277. The smallest absolute Gasteiger partial charge is 0.0543 e. The van der Waals surface area contributed by atoms with Crippen LogP contribution in [0.25, 0.3) is 33.0 Å². The lowest BCUT2D eigenvalue weighted by Gasteiger charge is -2.49. The Labute approximate surface area is 285 Å². The number of para-hydroxylation sites is 2. The summed E-state index contributed by atoms with van der Waals surface area (Å²) in [5.41, 5.74) is 22.0. The Balaban J connectivity index is 1.25. The highest BCUT2D eigenvalue weighted by Crippen LogP contribution is 2.63. The summed E-state index contributed by atoms with van der Waals surface area (Å²) in [7, 11) is 0. The van der Waals surface area contributed by atoms with E-state index in [4.69, 9.17) is 0 Å². The van der Waals surface area contributed by atoms with Crippen LogP contribution in [0.3, 0.4) is 0 Å². The Morgan fingerprint density at radius 1 is 0.396 bits per heavy atom. The van der Waals surface area contributed by atoms with E-state index in [1.54, 1.807) is 0 Å². The van der Waals surface area contributed by atoms with Crippen LogP contribution < -0.4 is 4.90 Å². The van der Waals surface area contributed by atoms with Crippen molar-refractivity contribution >= 4 is 27.8 Å². The van der Waals surface area contributed by atoms with Crippen molar-refractivity contribution in [3.05, 3.63) is 147 Å². The van der Waals surface area contributed by atoms with Gasteiger partial charge in [-0.1, -0.05) is 122 Å². The van der Waals surface area contributed by atoms with Crippen molar-refractivity contribution in [1.29, 1.82) is 0 Å². The van der Waals surface area contributed by atoms with Crippen LogP contribution in [0.4, 0.5) is 17.1 Å². The van der Waals surface area contributed by atoms with Gasteiger partial charge in [-0.15, -0.1) is 0 Å². The molecule has 2 heterocycles. The van der Waals surface area contributed by atoms with Crippen molar-refractivity contribution in [3.8, 4) is 22.3 Å². The molecule has 2 aliphatic carbocycles. The molecular weight excluding hydrogens is 579 g/mol. The van der Waals surface area contributed by atoms with Crippen molar-refractivity contribution in [3.63, 3.8) is 0 Å². The molecule has 1 heteroatoms. The molecule has 0 radical (unpaired) electrons. The average Bonchev–Trinajstić information content (AvgIpc) is 3.41. The second-order valence-corrected chi connectivity index (χ2v) is 17.1. The van der Waals surface area contributed by atoms with Gasteiger partial charge in [-0.2, -0.15) is 0 Å². The summed E-state index contributed by atoms with van der Waals surface area (Å²) in [5, 5.41) is 2.74. The second-order valence-electron chi connectivity index (χ2n) is 17.1. The summed E-state index contributed by atoms with van der Waals surface area (Å²) in [6.45, 7) is 21.7. The van der Waals surface area contributed by atoms with Gasteiger partial charge in [0.05, 0.1) is 17.1 Å². The highest BCUT2D eigenvalue weighted by Gasteiger charge is 2.48. The molecular formula is C47H43N. The van der Waals surface area contributed by atoms with Crippen LogP contribution in [0.2, 0.25) is 0 Å². The first kappa shape index (κ1) is 28.4. The summed E-state index contributed by atoms with van der Waals surface area (Å²) in [6, 6.07) is 37.9. The monoisotopic (exact) mass is 621 g/mol. The highest BCUT2D eigenvalue weighted by atomic mass is 15.2. The lowest BCUT2D eigenvalue weighted by Crippen LogP contribution is -2.38. The van der Waals surface area contributed by atoms with Crippen molar-refractivity contribution in [1.82, 2.24) is 0 Å². The number of hydrogen-bond acceptors (Lipinski definition) is 1. The van der Waals surface area contributed by atoms with Gasteiger partial charge in [-0.3, -0.25) is 0 Å². The molecule has 0 atom stereocenters. The first-order chi connectivity index (χ1) is 22.8. The maximum atomic E-state index is 2.61. The number of anilines is 3. The first-order valence-electron chi connectivity index (χ1n) is 17.7. The molecule has 10 rings (SSSR count). The molecule has 0 unspecified atom stereocenters. The van der Waals surface area contributed by atoms with E-state index in [9.17, 15) is 0 Å². The molecule has 1 nitrogen and oxygen atoms in total. The number of fused-ring (bicyclic) bond motifs is 12. The van der Waals surface area contributed by atoms with Crippen LogP contribution >= 0.6 is 0 Å². The van der Waals surface area contributed by atoms with Crippen LogP contribution in [-0.4, -0.2) is 0 Å². The Kier molecular flexibility index (Phi) is 5.03. The Bertz CT molecular complexity index is 2460. The third kappa shape index (κ3) is 3.11. The van der Waals surface area contributed by atoms with Crippen molar-refractivity contribution in [2.45, 2.75) is 84.0 Å². The normalized spacial score (nSPS) is 18.7. The van der Waals surface area contributed by atoms with Gasteiger partial charge in [0.2, 0.25) is 0 Å². The van der Waals surface area contributed by atoms with Crippen LogP contribution in [0.1, 0.15) is 105 Å². The third-order valence-corrected chi connectivity index (χ3v) is 13.1. The maximum absolute atomic E-state index is 2.61. The van der Waals surface area contributed by atoms with Crippen LogP contribution in [0.5, 0.6) is 0 Å². The van der Waals surface area contributed by atoms with E-state index in [-0.39, 0.29) is 21.7 Å². The predicted octanol–water partition coefficient (Wildman–Crippen LogP) is 12.5. The van der Waals surface area contributed by atoms with Gasteiger partial charge in [-0.05, 0) is 120 Å². The van der Waals surface area contributed by atoms with Crippen molar-refractivity contribution in [2.24, 2.45) is 0 Å². The van der Waals surface area contributed by atoms with E-state index in [1.807, 2.05) is 0 Å². The summed E-state index contributed by atoms with van der Waals surface area (Å²) in [6.07, 6.45) is 0. The second kappa shape index (κ2) is 8.50. The van der Waals surface area contributed by atoms with E-state index in [0.29, 0.717) is 0 Å². The van der Waals surface area contributed by atoms with Crippen LogP contribution in [0, 0.1) is 6.92 Å². The molecule has 0 aromatic heterocycles. The average molecular weight is 622 g/mol. The minimum absolute atomic E-state index is 0.0749. The summed E-state index contributed by atoms with van der Waals surface area (Å²) >= 11 is 0. The SMILES string of the molecule is Cc1cc2c(c3ccccc13)-c1cc3c(cc1C2(C)C)-c1cc2c(cc1C3(C)C)N1c3ccccc3C(C)(C)c3cccc(c31)C2(C)C. The van der Waals surface area contributed by atoms with E-state index in [0.717, 1.165) is 0 Å². The van der Waals surface area contributed by atoms with Crippen LogP contribution in [-0.2, 0) is 21.7 Å². The van der Waals surface area contributed by atoms with Gasteiger partial charge in [0.1, 0.15) is 0 Å². The zero-order chi connectivity index (χ0) is 33.3. The van der Waals surface area contributed by atoms with Gasteiger partial charge >= 0.3 is 0 Å². The zero-order valence-electron chi connectivity index (χ0n) is 29.7. The molecule has 0 amide bonds. The van der Waals surface area contributed by atoms with E-state index < -0.39 is 0 Å². The quantitative estimate of drug-likeness (QED) is 0.163. The fourth-order valence-corrected chi connectivity index (χ4v) is 10.4. The Hall–Kier alpha value is -4.62. The number of aryl methyl sites for hydroxylation is 1.